The Morgan fingerprint density at radius 3 is 2.50 bits per heavy atom. The lowest BCUT2D eigenvalue weighted by atomic mass is 10.1. The Balaban J connectivity index is 1.90. The van der Waals surface area contributed by atoms with Crippen molar-refractivity contribution in [3.05, 3.63) is 46.4 Å². The summed E-state index contributed by atoms with van der Waals surface area (Å²) in [6.07, 6.45) is -2.73. The van der Waals surface area contributed by atoms with Gasteiger partial charge in [0.1, 0.15) is 12.4 Å². The summed E-state index contributed by atoms with van der Waals surface area (Å²) >= 11 is 0. The normalized spacial score (nSPS) is 16.2. The van der Waals surface area contributed by atoms with E-state index in [1.807, 2.05) is 7.05 Å². The Bertz CT molecular complexity index is 944. The van der Waals surface area contributed by atoms with Crippen molar-refractivity contribution in [2.45, 2.75) is 12.1 Å². The van der Waals surface area contributed by atoms with Crippen LogP contribution >= 0.6 is 0 Å². The molecule has 1 aromatic carbocycles. The van der Waals surface area contributed by atoms with Gasteiger partial charge in [0.05, 0.1) is 23.9 Å². The molecule has 0 saturated heterocycles. The van der Waals surface area contributed by atoms with Crippen LogP contribution in [-0.2, 0) is 4.74 Å². The van der Waals surface area contributed by atoms with Crippen LogP contribution in [0.15, 0.2) is 40.2 Å². The van der Waals surface area contributed by atoms with Gasteiger partial charge in [0.15, 0.2) is 6.61 Å². The summed E-state index contributed by atoms with van der Waals surface area (Å²) in [6.45, 7) is -0.361. The van der Waals surface area contributed by atoms with Gasteiger partial charge in [-0.2, -0.15) is 18.3 Å². The number of likely N-dealkylation sites (N-methyl/N-ethyl adjacent to an activating group) is 1. The van der Waals surface area contributed by atoms with Gasteiger partial charge in [0.2, 0.25) is 0 Å². The number of hydrogen-bond acceptors (Lipinski definition) is 7. The molecule has 11 heteroatoms. The first-order chi connectivity index (χ1) is 14.3. The van der Waals surface area contributed by atoms with Gasteiger partial charge in [-0.1, -0.05) is 0 Å². The van der Waals surface area contributed by atoms with Crippen molar-refractivity contribution in [3.8, 4) is 17.4 Å². The number of rotatable bonds is 8. The fraction of sp³-hybridized carbons (Fsp3) is 0.421. The van der Waals surface area contributed by atoms with Crippen LogP contribution in [0.25, 0.3) is 5.69 Å². The number of nitrogens with zero attached hydrogens (tertiary/aromatic N) is 4. The highest BCUT2D eigenvalue weighted by Gasteiger charge is 2.28. The number of ether oxygens (including phenoxy) is 3. The molecule has 2 aromatic rings. The van der Waals surface area contributed by atoms with Crippen molar-refractivity contribution in [2.75, 3.05) is 40.5 Å². The van der Waals surface area contributed by atoms with Crippen molar-refractivity contribution in [3.63, 3.8) is 0 Å². The summed E-state index contributed by atoms with van der Waals surface area (Å²) in [7, 11) is 3.33. The molecule has 0 spiro atoms. The van der Waals surface area contributed by atoms with E-state index in [2.05, 4.69) is 10.1 Å². The number of benzene rings is 1. The van der Waals surface area contributed by atoms with Crippen LogP contribution in [0.1, 0.15) is 11.6 Å². The summed E-state index contributed by atoms with van der Waals surface area (Å²) < 4.78 is 53.5. The third-order valence-electron chi connectivity index (χ3n) is 4.21. The summed E-state index contributed by atoms with van der Waals surface area (Å²) in [4.78, 5) is 17.3. The van der Waals surface area contributed by atoms with Crippen LogP contribution < -0.4 is 15.0 Å². The highest BCUT2D eigenvalue weighted by molar-refractivity contribution is 5.68. The van der Waals surface area contributed by atoms with Crippen molar-refractivity contribution in [1.82, 2.24) is 14.6 Å². The molecule has 8 nitrogen and oxygen atoms in total. The zero-order chi connectivity index (χ0) is 21.7. The maximum atomic E-state index is 12.8. The van der Waals surface area contributed by atoms with E-state index in [9.17, 15) is 18.0 Å². The molecule has 30 heavy (non-hydrogen) atoms. The molecule has 1 aromatic heterocycles. The summed E-state index contributed by atoms with van der Waals surface area (Å²) in [5, 5.41) is 5.90. The second-order valence-electron chi connectivity index (χ2n) is 6.59. The van der Waals surface area contributed by atoms with E-state index in [1.165, 1.54) is 42.0 Å². The maximum Gasteiger partial charge on any atom is 0.422 e. The highest BCUT2D eigenvalue weighted by atomic mass is 19.4. The van der Waals surface area contributed by atoms with Gasteiger partial charge in [-0.25, -0.2) is 9.55 Å². The van der Waals surface area contributed by atoms with Crippen LogP contribution in [-0.4, -0.2) is 67.5 Å². The average molecular weight is 426 g/mol. The molecular formula is C19H21F3N4O4. The minimum absolute atomic E-state index is 0.0285. The molecule has 0 saturated carbocycles. The van der Waals surface area contributed by atoms with E-state index in [1.54, 1.807) is 11.2 Å². The van der Waals surface area contributed by atoms with E-state index in [4.69, 9.17) is 14.2 Å². The summed E-state index contributed by atoms with van der Waals surface area (Å²) in [6, 6.07) is 7.07. The van der Waals surface area contributed by atoms with Gasteiger partial charge >= 0.3 is 12.2 Å². The van der Waals surface area contributed by atoms with Crippen LogP contribution in [0, 0.1) is 0 Å². The topological polar surface area (TPSA) is 78.2 Å². The van der Waals surface area contributed by atoms with Crippen LogP contribution in [0.3, 0.4) is 0 Å². The lowest BCUT2D eigenvalue weighted by molar-refractivity contribution is -0.153. The van der Waals surface area contributed by atoms with E-state index >= 15 is 0 Å². The number of alkyl halides is 3. The van der Waals surface area contributed by atoms with E-state index in [0.29, 0.717) is 17.9 Å². The molecule has 3 rings (SSSR count). The Hall–Kier alpha value is -3.08. The SMILES string of the molecule is COCCOc1nc(C2C=NN(C)C2)cc(=O)n1-c1ccc(OCC(F)(F)F)cc1. The second-order valence-corrected chi connectivity index (χ2v) is 6.59. The lowest BCUT2D eigenvalue weighted by Gasteiger charge is -2.16. The largest absolute Gasteiger partial charge is 0.484 e. The van der Waals surface area contributed by atoms with E-state index < -0.39 is 12.8 Å². The Morgan fingerprint density at radius 2 is 1.90 bits per heavy atom. The maximum absolute atomic E-state index is 12.8. The second kappa shape index (κ2) is 9.16. The third kappa shape index (κ3) is 5.50. The fourth-order valence-corrected chi connectivity index (χ4v) is 2.82. The first kappa shape index (κ1) is 21.6. The van der Waals surface area contributed by atoms with Gasteiger partial charge in [0.25, 0.3) is 5.56 Å². The van der Waals surface area contributed by atoms with Gasteiger partial charge in [-0.3, -0.25) is 9.80 Å². The molecule has 1 aliphatic heterocycles. The van der Waals surface area contributed by atoms with Crippen LogP contribution in [0.2, 0.25) is 0 Å². The predicted molar refractivity (Wildman–Crippen MR) is 103 cm³/mol. The minimum Gasteiger partial charge on any atom is -0.484 e. The zero-order valence-corrected chi connectivity index (χ0v) is 16.4. The Morgan fingerprint density at radius 1 is 1.17 bits per heavy atom. The Kier molecular flexibility index (Phi) is 6.60. The quantitative estimate of drug-likeness (QED) is 0.603. The number of hydrogen-bond donors (Lipinski definition) is 0. The van der Waals surface area contributed by atoms with Gasteiger partial charge in [-0.05, 0) is 24.3 Å². The van der Waals surface area contributed by atoms with E-state index in [-0.39, 0.29) is 36.5 Å². The Labute approximate surface area is 170 Å². The molecule has 0 aliphatic carbocycles. The summed E-state index contributed by atoms with van der Waals surface area (Å²) in [5.74, 6) is -0.124. The molecule has 1 atom stereocenters. The van der Waals surface area contributed by atoms with Gasteiger partial charge in [-0.15, -0.1) is 0 Å². The fourth-order valence-electron chi connectivity index (χ4n) is 2.82. The molecule has 0 amide bonds. The van der Waals surface area contributed by atoms with Crippen LogP contribution in [0.5, 0.6) is 11.8 Å². The zero-order valence-electron chi connectivity index (χ0n) is 16.4. The number of methoxy groups -OCH3 is 1. The minimum atomic E-state index is -4.44. The molecule has 1 aliphatic rings. The number of halogens is 3. The molecule has 162 valence electrons. The molecule has 1 unspecified atom stereocenters. The predicted octanol–water partition coefficient (Wildman–Crippen LogP) is 2.21. The smallest absolute Gasteiger partial charge is 0.422 e. The van der Waals surface area contributed by atoms with Crippen LogP contribution in [0.4, 0.5) is 13.2 Å². The first-order valence-corrected chi connectivity index (χ1v) is 9.08. The number of aromatic nitrogens is 2. The average Bonchev–Trinajstić information content (AvgIpc) is 3.13. The van der Waals surface area contributed by atoms with Crippen molar-refractivity contribution in [1.29, 1.82) is 0 Å². The third-order valence-corrected chi connectivity index (χ3v) is 4.21. The molecule has 0 bridgehead atoms. The highest BCUT2D eigenvalue weighted by Crippen LogP contribution is 2.23. The first-order valence-electron chi connectivity index (χ1n) is 9.08. The van der Waals surface area contributed by atoms with E-state index in [0.717, 1.165) is 0 Å². The number of hydrazone groups is 1. The van der Waals surface area contributed by atoms with Gasteiger partial charge < -0.3 is 14.2 Å². The molecule has 2 heterocycles. The van der Waals surface area contributed by atoms with Gasteiger partial charge in [0, 0.05) is 33.0 Å². The molecule has 0 radical (unpaired) electrons. The molecule has 0 N–H and O–H groups in total. The van der Waals surface area contributed by atoms with Crippen molar-refractivity contribution >= 4 is 6.21 Å². The van der Waals surface area contributed by atoms with Crippen molar-refractivity contribution < 1.29 is 27.4 Å². The monoisotopic (exact) mass is 426 g/mol. The molecular weight excluding hydrogens is 405 g/mol. The van der Waals surface area contributed by atoms with Crippen molar-refractivity contribution in [2.24, 2.45) is 5.10 Å². The summed E-state index contributed by atoms with van der Waals surface area (Å²) in [5.41, 5.74) is 0.504. The standard InChI is InChI=1S/C19H21F3N4O4/c1-25-11-13(10-23-25)16-9-17(27)26(18(24-16)29-8-7-28-2)14-3-5-15(6-4-14)30-12-19(20,21)22/h3-6,9-10,13H,7-8,11-12H2,1-2H3. The molecule has 0 fully saturated rings. The lowest BCUT2D eigenvalue weighted by Crippen LogP contribution is -2.25.